The van der Waals surface area contributed by atoms with E-state index in [2.05, 4.69) is 37.8 Å². The maximum absolute atomic E-state index is 5.75. The summed E-state index contributed by atoms with van der Waals surface area (Å²) in [4.78, 5) is 4.20. The van der Waals surface area contributed by atoms with Crippen LogP contribution >= 0.6 is 0 Å². The first kappa shape index (κ1) is 10.0. The Morgan fingerprint density at radius 3 is 2.38 bits per heavy atom. The van der Waals surface area contributed by atoms with Crippen LogP contribution in [0.2, 0.25) is 0 Å². The molecule has 1 heterocycles. The molecule has 74 valence electrons. The fourth-order valence-corrected chi connectivity index (χ4v) is 1.19. The Kier molecular flexibility index (Phi) is 2.59. The number of nitrogens with two attached hydrogens (primary N) is 1. The van der Waals surface area contributed by atoms with Crippen LogP contribution in [0.3, 0.4) is 0 Å². The maximum Gasteiger partial charge on any atom is 0.219 e. The molecule has 1 rings (SSSR count). The normalized spacial score (nSPS) is 12.0. The van der Waals surface area contributed by atoms with Crippen molar-refractivity contribution in [1.29, 1.82) is 0 Å². The molecule has 0 saturated carbocycles. The van der Waals surface area contributed by atoms with Gasteiger partial charge in [0.05, 0.1) is 5.54 Å². The lowest BCUT2D eigenvalue weighted by Crippen LogP contribution is -2.25. The average Bonchev–Trinajstić information content (AvgIpc) is 2.30. The Balaban J connectivity index is 2.96. The van der Waals surface area contributed by atoms with Crippen molar-refractivity contribution in [2.24, 2.45) is 0 Å². The minimum absolute atomic E-state index is 0.0803. The van der Waals surface area contributed by atoms with Gasteiger partial charge in [0.1, 0.15) is 0 Å². The molecule has 0 spiro atoms. The first-order valence-corrected chi connectivity index (χ1v) is 4.67. The van der Waals surface area contributed by atoms with Gasteiger partial charge in [-0.15, -0.1) is 0 Å². The second-order valence-electron chi connectivity index (χ2n) is 4.22. The number of hydrogen-bond donors (Lipinski definition) is 1. The molecule has 0 radical (unpaired) electrons. The van der Waals surface area contributed by atoms with Crippen LogP contribution in [-0.2, 0) is 12.0 Å². The first-order valence-electron chi connectivity index (χ1n) is 4.67. The van der Waals surface area contributed by atoms with E-state index in [-0.39, 0.29) is 5.54 Å². The lowest BCUT2D eigenvalue weighted by molar-refractivity contribution is 0.358. The Morgan fingerprint density at radius 1 is 1.38 bits per heavy atom. The average molecular weight is 182 g/mol. The van der Waals surface area contributed by atoms with Crippen molar-refractivity contribution in [3.05, 3.63) is 5.82 Å². The number of nitrogens with zero attached hydrogens (tertiary/aromatic N) is 3. The second kappa shape index (κ2) is 3.36. The molecule has 0 atom stereocenters. The van der Waals surface area contributed by atoms with E-state index in [1.165, 1.54) is 0 Å². The summed E-state index contributed by atoms with van der Waals surface area (Å²) < 4.78 is 1.78. The Labute approximate surface area is 79.2 Å². The third-order valence-electron chi connectivity index (χ3n) is 1.79. The Hall–Kier alpha value is -1.06. The number of anilines is 1. The van der Waals surface area contributed by atoms with Crippen molar-refractivity contribution in [2.45, 2.75) is 46.1 Å². The van der Waals surface area contributed by atoms with Gasteiger partial charge in [0, 0.05) is 6.42 Å². The summed E-state index contributed by atoms with van der Waals surface area (Å²) in [7, 11) is 0. The maximum atomic E-state index is 5.75. The van der Waals surface area contributed by atoms with Gasteiger partial charge >= 0.3 is 0 Å². The predicted octanol–water partition coefficient (Wildman–Crippen LogP) is 1.57. The molecule has 13 heavy (non-hydrogen) atoms. The summed E-state index contributed by atoms with van der Waals surface area (Å²) in [5.74, 6) is 1.35. The van der Waals surface area contributed by atoms with Gasteiger partial charge in [0.2, 0.25) is 5.95 Å². The smallest absolute Gasteiger partial charge is 0.219 e. The molecule has 4 nitrogen and oxygen atoms in total. The van der Waals surface area contributed by atoms with Crippen LogP contribution in [0.1, 0.15) is 39.9 Å². The van der Waals surface area contributed by atoms with Gasteiger partial charge in [0.15, 0.2) is 5.82 Å². The largest absolute Gasteiger partial charge is 0.368 e. The van der Waals surface area contributed by atoms with Crippen LogP contribution in [0.15, 0.2) is 0 Å². The van der Waals surface area contributed by atoms with Gasteiger partial charge in [-0.1, -0.05) is 6.92 Å². The summed E-state index contributed by atoms with van der Waals surface area (Å²) in [6, 6.07) is 0. The fraction of sp³-hybridized carbons (Fsp3) is 0.778. The molecule has 1 aromatic rings. The van der Waals surface area contributed by atoms with Gasteiger partial charge < -0.3 is 5.73 Å². The summed E-state index contributed by atoms with van der Waals surface area (Å²) in [5.41, 5.74) is 5.67. The molecular formula is C9H18N4. The summed E-state index contributed by atoms with van der Waals surface area (Å²) in [6.07, 6.45) is 1.95. The van der Waals surface area contributed by atoms with Gasteiger partial charge in [-0.2, -0.15) is 10.1 Å². The molecule has 0 aromatic carbocycles. The molecule has 0 amide bonds. The monoisotopic (exact) mass is 182 g/mol. The van der Waals surface area contributed by atoms with Gasteiger partial charge in [-0.05, 0) is 27.2 Å². The van der Waals surface area contributed by atoms with Crippen molar-refractivity contribution in [1.82, 2.24) is 14.8 Å². The van der Waals surface area contributed by atoms with E-state index in [0.717, 1.165) is 18.7 Å². The second-order valence-corrected chi connectivity index (χ2v) is 4.22. The SMILES string of the molecule is CCCc1nc(N)n(C(C)(C)C)n1. The van der Waals surface area contributed by atoms with Crippen LogP contribution < -0.4 is 5.73 Å². The van der Waals surface area contributed by atoms with E-state index in [0.29, 0.717) is 5.95 Å². The van der Waals surface area contributed by atoms with E-state index in [9.17, 15) is 0 Å². The summed E-state index contributed by atoms with van der Waals surface area (Å²) >= 11 is 0. The molecule has 2 N–H and O–H groups in total. The highest BCUT2D eigenvalue weighted by atomic mass is 15.4. The third kappa shape index (κ3) is 2.20. The minimum Gasteiger partial charge on any atom is -0.368 e. The minimum atomic E-state index is -0.0803. The molecule has 0 unspecified atom stereocenters. The molecule has 0 aliphatic heterocycles. The highest BCUT2D eigenvalue weighted by Crippen LogP contribution is 2.16. The number of rotatable bonds is 2. The number of nitrogen functional groups attached to an aromatic ring is 1. The molecule has 0 aliphatic carbocycles. The summed E-state index contributed by atoms with van der Waals surface area (Å²) in [5, 5.41) is 4.35. The van der Waals surface area contributed by atoms with Crippen molar-refractivity contribution >= 4 is 5.95 Å². The van der Waals surface area contributed by atoms with Crippen molar-refractivity contribution in [2.75, 3.05) is 5.73 Å². The van der Waals surface area contributed by atoms with E-state index in [1.807, 2.05) is 0 Å². The number of aryl methyl sites for hydroxylation is 1. The number of aromatic nitrogens is 3. The lowest BCUT2D eigenvalue weighted by Gasteiger charge is -2.19. The highest BCUT2D eigenvalue weighted by Gasteiger charge is 2.18. The molecule has 0 bridgehead atoms. The molecule has 4 heteroatoms. The third-order valence-corrected chi connectivity index (χ3v) is 1.79. The quantitative estimate of drug-likeness (QED) is 0.755. The van der Waals surface area contributed by atoms with Crippen LogP contribution in [0, 0.1) is 0 Å². The zero-order valence-corrected chi connectivity index (χ0v) is 8.83. The topological polar surface area (TPSA) is 56.7 Å². The lowest BCUT2D eigenvalue weighted by atomic mass is 10.1. The van der Waals surface area contributed by atoms with Gasteiger partial charge in [-0.3, -0.25) is 0 Å². The fourth-order valence-electron chi connectivity index (χ4n) is 1.19. The van der Waals surface area contributed by atoms with E-state index >= 15 is 0 Å². The molecule has 0 saturated heterocycles. The Morgan fingerprint density at radius 2 is 2.00 bits per heavy atom. The highest BCUT2D eigenvalue weighted by molar-refractivity contribution is 5.18. The summed E-state index contributed by atoms with van der Waals surface area (Å²) in [6.45, 7) is 8.29. The van der Waals surface area contributed by atoms with Crippen molar-refractivity contribution in [3.63, 3.8) is 0 Å². The predicted molar refractivity (Wildman–Crippen MR) is 53.4 cm³/mol. The van der Waals surface area contributed by atoms with Gasteiger partial charge in [-0.25, -0.2) is 4.68 Å². The molecule has 0 fully saturated rings. The standard InChI is InChI=1S/C9H18N4/c1-5-6-7-11-8(10)13(12-7)9(2,3)4/h5-6H2,1-4H3,(H2,10,11,12). The van der Waals surface area contributed by atoms with Crippen molar-refractivity contribution < 1.29 is 0 Å². The van der Waals surface area contributed by atoms with Gasteiger partial charge in [0.25, 0.3) is 0 Å². The Bertz CT molecular complexity index is 282. The van der Waals surface area contributed by atoms with Crippen LogP contribution in [-0.4, -0.2) is 14.8 Å². The van der Waals surface area contributed by atoms with E-state index in [1.54, 1.807) is 4.68 Å². The zero-order valence-electron chi connectivity index (χ0n) is 8.83. The zero-order chi connectivity index (χ0) is 10.1. The van der Waals surface area contributed by atoms with E-state index in [4.69, 9.17) is 5.73 Å². The van der Waals surface area contributed by atoms with Crippen molar-refractivity contribution in [3.8, 4) is 0 Å². The molecule has 0 aliphatic rings. The first-order chi connectivity index (χ1) is 5.95. The van der Waals surface area contributed by atoms with Crippen LogP contribution in [0.25, 0.3) is 0 Å². The van der Waals surface area contributed by atoms with E-state index < -0.39 is 0 Å². The van der Waals surface area contributed by atoms with Crippen LogP contribution in [0.5, 0.6) is 0 Å². The number of hydrogen-bond acceptors (Lipinski definition) is 3. The molecular weight excluding hydrogens is 164 g/mol. The molecule has 1 aromatic heterocycles. The van der Waals surface area contributed by atoms with Crippen LogP contribution in [0.4, 0.5) is 5.95 Å².